The van der Waals surface area contributed by atoms with E-state index in [1.54, 1.807) is 11.1 Å². The normalized spacial score (nSPS) is 22.4. The van der Waals surface area contributed by atoms with Gasteiger partial charge in [0.15, 0.2) is 0 Å². The van der Waals surface area contributed by atoms with Crippen molar-refractivity contribution in [2.75, 3.05) is 19.6 Å². The lowest BCUT2D eigenvalue weighted by molar-refractivity contribution is 0.222. The highest BCUT2D eigenvalue weighted by molar-refractivity contribution is 5.35. The van der Waals surface area contributed by atoms with Crippen LogP contribution in [-0.4, -0.2) is 24.5 Å². The average molecular weight is 245 g/mol. The van der Waals surface area contributed by atoms with Gasteiger partial charge in [0.25, 0.3) is 0 Å². The number of hydrogen-bond donors (Lipinski definition) is 0. The van der Waals surface area contributed by atoms with E-state index in [2.05, 4.69) is 49.9 Å². The van der Waals surface area contributed by atoms with Gasteiger partial charge in [0.1, 0.15) is 0 Å². The second kappa shape index (κ2) is 6.38. The van der Waals surface area contributed by atoms with Crippen LogP contribution in [0.25, 0.3) is 0 Å². The Hall–Kier alpha value is -0.820. The molecule has 0 N–H and O–H groups in total. The maximum atomic E-state index is 2.66. The Balaban J connectivity index is 1.99. The van der Waals surface area contributed by atoms with Crippen molar-refractivity contribution in [2.45, 2.75) is 46.0 Å². The van der Waals surface area contributed by atoms with E-state index in [1.165, 1.54) is 38.9 Å². The van der Waals surface area contributed by atoms with Crippen LogP contribution in [-0.2, 0) is 6.42 Å². The molecule has 0 amide bonds. The van der Waals surface area contributed by atoms with E-state index in [0.717, 1.165) is 11.8 Å². The quantitative estimate of drug-likeness (QED) is 0.730. The van der Waals surface area contributed by atoms with Crippen LogP contribution >= 0.6 is 0 Å². The van der Waals surface area contributed by atoms with Crippen LogP contribution < -0.4 is 0 Å². The summed E-state index contributed by atoms with van der Waals surface area (Å²) in [6.07, 6.45) is 3.82. The number of benzene rings is 1. The molecule has 0 bridgehead atoms. The van der Waals surface area contributed by atoms with Gasteiger partial charge >= 0.3 is 0 Å². The largest absolute Gasteiger partial charge is 0.303 e. The average Bonchev–Trinajstić information content (AvgIpc) is 2.68. The van der Waals surface area contributed by atoms with Crippen LogP contribution in [0.5, 0.6) is 0 Å². The van der Waals surface area contributed by atoms with E-state index >= 15 is 0 Å². The molecule has 2 rings (SSSR count). The van der Waals surface area contributed by atoms with Crippen molar-refractivity contribution in [2.24, 2.45) is 5.92 Å². The van der Waals surface area contributed by atoms with Gasteiger partial charge in [0.05, 0.1) is 0 Å². The second-order valence-corrected chi connectivity index (χ2v) is 5.75. The lowest BCUT2D eigenvalue weighted by Gasteiger charge is -2.27. The lowest BCUT2D eigenvalue weighted by atomic mass is 9.94. The molecule has 0 radical (unpaired) electrons. The molecule has 2 atom stereocenters. The van der Waals surface area contributed by atoms with E-state index < -0.39 is 0 Å². The summed E-state index contributed by atoms with van der Waals surface area (Å²) >= 11 is 0. The molecule has 18 heavy (non-hydrogen) atoms. The van der Waals surface area contributed by atoms with Gasteiger partial charge in [-0.25, -0.2) is 0 Å². The summed E-state index contributed by atoms with van der Waals surface area (Å²) in [6.45, 7) is 10.8. The molecule has 100 valence electrons. The standard InChI is InChI=1S/C17H27N/c1-4-10-18(11-5-2)13-16-12-15-8-6-7-9-17(15)14(16)3/h6-9,14,16H,4-5,10-13H2,1-3H3/t14-,16-/m0/s1. The first-order valence-electron chi connectivity index (χ1n) is 7.56. The molecule has 0 heterocycles. The van der Waals surface area contributed by atoms with Gasteiger partial charge in [-0.1, -0.05) is 45.0 Å². The highest BCUT2D eigenvalue weighted by Crippen LogP contribution is 2.37. The van der Waals surface area contributed by atoms with E-state index in [-0.39, 0.29) is 0 Å². The predicted molar refractivity (Wildman–Crippen MR) is 79.1 cm³/mol. The van der Waals surface area contributed by atoms with Crippen LogP contribution in [0.2, 0.25) is 0 Å². The Labute approximate surface area is 112 Å². The van der Waals surface area contributed by atoms with Crippen LogP contribution in [0.15, 0.2) is 24.3 Å². The Kier molecular flexibility index (Phi) is 4.82. The molecular weight excluding hydrogens is 218 g/mol. The maximum absolute atomic E-state index is 2.66. The number of hydrogen-bond acceptors (Lipinski definition) is 1. The zero-order valence-electron chi connectivity index (χ0n) is 12.2. The van der Waals surface area contributed by atoms with Crippen molar-refractivity contribution in [3.63, 3.8) is 0 Å². The maximum Gasteiger partial charge on any atom is 0.00186 e. The van der Waals surface area contributed by atoms with Gasteiger partial charge in [-0.3, -0.25) is 0 Å². The third-order valence-corrected chi connectivity index (χ3v) is 4.31. The molecule has 0 saturated heterocycles. The molecule has 1 aromatic rings. The Morgan fingerprint density at radius 1 is 1.11 bits per heavy atom. The number of fused-ring (bicyclic) bond motifs is 1. The summed E-state index contributed by atoms with van der Waals surface area (Å²) in [5.41, 5.74) is 3.18. The molecule has 0 unspecified atom stereocenters. The van der Waals surface area contributed by atoms with Gasteiger partial charge in [-0.05, 0) is 55.3 Å². The third kappa shape index (κ3) is 2.95. The predicted octanol–water partition coefficient (Wildman–Crippen LogP) is 4.08. The smallest absolute Gasteiger partial charge is 0.00186 e. The zero-order valence-corrected chi connectivity index (χ0v) is 12.2. The minimum absolute atomic E-state index is 0.734. The highest BCUT2D eigenvalue weighted by Gasteiger charge is 2.29. The molecule has 0 spiro atoms. The molecule has 1 aliphatic rings. The summed E-state index contributed by atoms with van der Waals surface area (Å²) in [6, 6.07) is 9.01. The molecular formula is C17H27N. The summed E-state index contributed by atoms with van der Waals surface area (Å²) in [5, 5.41) is 0. The van der Waals surface area contributed by atoms with Gasteiger partial charge in [-0.15, -0.1) is 0 Å². The minimum Gasteiger partial charge on any atom is -0.303 e. The van der Waals surface area contributed by atoms with E-state index in [9.17, 15) is 0 Å². The molecule has 0 aromatic heterocycles. The first-order chi connectivity index (χ1) is 8.76. The fraction of sp³-hybridized carbons (Fsp3) is 0.647. The summed E-state index contributed by atoms with van der Waals surface area (Å²) < 4.78 is 0. The molecule has 0 fully saturated rings. The van der Waals surface area contributed by atoms with Crippen molar-refractivity contribution in [1.82, 2.24) is 4.90 Å². The van der Waals surface area contributed by atoms with Crippen LogP contribution in [0, 0.1) is 5.92 Å². The van der Waals surface area contributed by atoms with Gasteiger partial charge in [-0.2, -0.15) is 0 Å². The molecule has 1 nitrogen and oxygen atoms in total. The minimum atomic E-state index is 0.734. The third-order valence-electron chi connectivity index (χ3n) is 4.31. The molecule has 0 saturated carbocycles. The van der Waals surface area contributed by atoms with Crippen LogP contribution in [0.1, 0.15) is 50.7 Å². The molecule has 0 aliphatic heterocycles. The van der Waals surface area contributed by atoms with Crippen molar-refractivity contribution < 1.29 is 0 Å². The molecule has 1 aliphatic carbocycles. The summed E-state index contributed by atoms with van der Waals surface area (Å²) in [4.78, 5) is 2.66. The number of rotatable bonds is 6. The van der Waals surface area contributed by atoms with E-state index in [1.807, 2.05) is 0 Å². The first-order valence-corrected chi connectivity index (χ1v) is 7.56. The van der Waals surface area contributed by atoms with Gasteiger partial charge < -0.3 is 4.90 Å². The van der Waals surface area contributed by atoms with Crippen LogP contribution in [0.4, 0.5) is 0 Å². The fourth-order valence-corrected chi connectivity index (χ4v) is 3.36. The van der Waals surface area contributed by atoms with Gasteiger partial charge in [0.2, 0.25) is 0 Å². The van der Waals surface area contributed by atoms with Crippen molar-refractivity contribution >= 4 is 0 Å². The zero-order chi connectivity index (χ0) is 13.0. The molecule has 1 aromatic carbocycles. The fourth-order valence-electron chi connectivity index (χ4n) is 3.36. The molecule has 1 heteroatoms. The Bertz CT molecular complexity index is 366. The van der Waals surface area contributed by atoms with Crippen molar-refractivity contribution in [3.05, 3.63) is 35.4 Å². The summed E-state index contributed by atoms with van der Waals surface area (Å²) in [7, 11) is 0. The highest BCUT2D eigenvalue weighted by atomic mass is 15.1. The van der Waals surface area contributed by atoms with Crippen LogP contribution in [0.3, 0.4) is 0 Å². The van der Waals surface area contributed by atoms with Crippen molar-refractivity contribution in [3.8, 4) is 0 Å². The Morgan fingerprint density at radius 2 is 1.78 bits per heavy atom. The first kappa shape index (κ1) is 13.6. The Morgan fingerprint density at radius 3 is 2.39 bits per heavy atom. The van der Waals surface area contributed by atoms with E-state index in [0.29, 0.717) is 0 Å². The topological polar surface area (TPSA) is 3.24 Å². The van der Waals surface area contributed by atoms with E-state index in [4.69, 9.17) is 0 Å². The monoisotopic (exact) mass is 245 g/mol. The number of nitrogens with zero attached hydrogens (tertiary/aromatic N) is 1. The second-order valence-electron chi connectivity index (χ2n) is 5.75. The summed E-state index contributed by atoms with van der Waals surface area (Å²) in [5.74, 6) is 1.55. The van der Waals surface area contributed by atoms with Crippen molar-refractivity contribution in [1.29, 1.82) is 0 Å². The van der Waals surface area contributed by atoms with Gasteiger partial charge in [0, 0.05) is 6.54 Å². The lowest BCUT2D eigenvalue weighted by Crippen LogP contribution is -2.32. The SMILES string of the molecule is CCCN(CCC)C[C@@H]1Cc2ccccc2[C@H]1C.